The molecule has 2 atom stereocenters. The summed E-state index contributed by atoms with van der Waals surface area (Å²) in [7, 11) is 0. The van der Waals surface area contributed by atoms with Gasteiger partial charge in [0.2, 0.25) is 0 Å². The lowest BCUT2D eigenvalue weighted by molar-refractivity contribution is -0.113. The minimum absolute atomic E-state index is 0.193. The van der Waals surface area contributed by atoms with Crippen LogP contribution in [0, 0.1) is 17.1 Å². The number of nitrogens with one attached hydrogen (secondary N) is 1. The van der Waals surface area contributed by atoms with Crippen molar-refractivity contribution in [1.82, 2.24) is 9.55 Å². The molecule has 1 aromatic heterocycles. The lowest BCUT2D eigenvalue weighted by Gasteiger charge is -2.14. The molecule has 0 spiro atoms. The number of hydrogen-bond donors (Lipinski definition) is 2. The molecular formula is C10H10N2O3S. The Hall–Kier alpha value is -1.42. The van der Waals surface area contributed by atoms with E-state index in [-0.39, 0.29) is 22.1 Å². The quantitative estimate of drug-likeness (QED) is 0.553. The van der Waals surface area contributed by atoms with Gasteiger partial charge in [-0.25, -0.2) is 0 Å². The first-order valence-electron chi connectivity index (χ1n) is 4.77. The molecule has 1 aliphatic heterocycles. The lowest BCUT2D eigenvalue weighted by Crippen LogP contribution is -2.19. The second-order valence-corrected chi connectivity index (χ2v) is 3.86. The van der Waals surface area contributed by atoms with E-state index in [1.807, 2.05) is 0 Å². The molecule has 2 N–H and O–H groups in total. The normalized spacial score (nSPS) is 24.2. The third-order valence-electron chi connectivity index (χ3n) is 2.41. The molecule has 1 fully saturated rings. The van der Waals surface area contributed by atoms with Crippen LogP contribution in [-0.2, 0) is 4.74 Å². The molecule has 0 aromatic carbocycles. The zero-order valence-electron chi connectivity index (χ0n) is 8.34. The number of H-pyrrole nitrogens is 1. The lowest BCUT2D eigenvalue weighted by atomic mass is 10.3. The maximum atomic E-state index is 11.3. The fraction of sp³-hybridized carbons (Fsp3) is 0.400. The second-order valence-electron chi connectivity index (χ2n) is 3.48. The molecule has 6 heteroatoms. The van der Waals surface area contributed by atoms with Gasteiger partial charge in [0.05, 0.1) is 0 Å². The molecule has 0 amide bonds. The van der Waals surface area contributed by atoms with Crippen LogP contribution in [0.15, 0.2) is 11.0 Å². The SMILES string of the molecule is C#Cc1cn(C2CC[C@@H](O)O2)c(=S)[nH]c1=O. The van der Waals surface area contributed by atoms with Gasteiger partial charge in [-0.05, 0) is 18.6 Å². The molecule has 1 unspecified atom stereocenters. The average molecular weight is 238 g/mol. The van der Waals surface area contributed by atoms with E-state index in [4.69, 9.17) is 23.4 Å². The van der Waals surface area contributed by atoms with E-state index in [1.54, 1.807) is 4.57 Å². The van der Waals surface area contributed by atoms with E-state index in [0.29, 0.717) is 12.8 Å². The number of nitrogens with zero attached hydrogens (tertiary/aromatic N) is 1. The van der Waals surface area contributed by atoms with E-state index < -0.39 is 6.29 Å². The molecule has 5 nitrogen and oxygen atoms in total. The van der Waals surface area contributed by atoms with Gasteiger partial charge >= 0.3 is 0 Å². The number of ether oxygens (including phenoxy) is 1. The third kappa shape index (κ3) is 1.93. The van der Waals surface area contributed by atoms with Crippen LogP contribution in [-0.4, -0.2) is 20.9 Å². The zero-order valence-corrected chi connectivity index (χ0v) is 9.16. The summed E-state index contributed by atoms with van der Waals surface area (Å²) in [4.78, 5) is 13.8. The van der Waals surface area contributed by atoms with Crippen molar-refractivity contribution in [2.75, 3.05) is 0 Å². The van der Waals surface area contributed by atoms with Crippen LogP contribution in [0.25, 0.3) is 0 Å². The summed E-state index contributed by atoms with van der Waals surface area (Å²) >= 11 is 5.00. The van der Waals surface area contributed by atoms with Gasteiger partial charge in [-0.2, -0.15) is 0 Å². The minimum atomic E-state index is -0.784. The van der Waals surface area contributed by atoms with Gasteiger partial charge in [-0.3, -0.25) is 14.3 Å². The van der Waals surface area contributed by atoms with Crippen LogP contribution in [0.1, 0.15) is 24.6 Å². The smallest absolute Gasteiger partial charge is 0.267 e. The summed E-state index contributed by atoms with van der Waals surface area (Å²) in [5.41, 5.74) is -0.194. The van der Waals surface area contributed by atoms with E-state index >= 15 is 0 Å². The molecule has 0 aliphatic carbocycles. The van der Waals surface area contributed by atoms with Crippen molar-refractivity contribution >= 4 is 12.2 Å². The summed E-state index contributed by atoms with van der Waals surface area (Å²) < 4.78 is 7.03. The van der Waals surface area contributed by atoms with Gasteiger partial charge in [0.25, 0.3) is 5.56 Å². The summed E-state index contributed by atoms with van der Waals surface area (Å²) in [5.74, 6) is 2.27. The van der Waals surface area contributed by atoms with E-state index in [0.717, 1.165) is 0 Å². The molecule has 1 aromatic rings. The summed E-state index contributed by atoms with van der Waals surface area (Å²) in [5, 5.41) is 9.25. The van der Waals surface area contributed by atoms with Gasteiger partial charge in [-0.1, -0.05) is 5.92 Å². The highest BCUT2D eigenvalue weighted by molar-refractivity contribution is 7.71. The maximum Gasteiger partial charge on any atom is 0.267 e. The first-order valence-corrected chi connectivity index (χ1v) is 5.18. The van der Waals surface area contributed by atoms with Crippen molar-refractivity contribution < 1.29 is 9.84 Å². The third-order valence-corrected chi connectivity index (χ3v) is 2.72. The average Bonchev–Trinajstić information content (AvgIpc) is 2.65. The largest absolute Gasteiger partial charge is 0.368 e. The Morgan fingerprint density at radius 1 is 1.69 bits per heavy atom. The maximum absolute atomic E-state index is 11.3. The van der Waals surface area contributed by atoms with Crippen molar-refractivity contribution in [3.05, 3.63) is 26.9 Å². The number of aromatic nitrogens is 2. The number of aromatic amines is 1. The molecule has 0 saturated carbocycles. The molecule has 1 aliphatic rings. The van der Waals surface area contributed by atoms with Crippen molar-refractivity contribution in [1.29, 1.82) is 0 Å². The van der Waals surface area contributed by atoms with Gasteiger partial charge in [0, 0.05) is 12.6 Å². The summed E-state index contributed by atoms with van der Waals surface area (Å²) in [6, 6.07) is 0. The van der Waals surface area contributed by atoms with Crippen LogP contribution < -0.4 is 5.56 Å². The Bertz CT molecular complexity index is 554. The molecular weight excluding hydrogens is 228 g/mol. The van der Waals surface area contributed by atoms with E-state index in [2.05, 4.69) is 10.9 Å². The highest BCUT2D eigenvalue weighted by Crippen LogP contribution is 2.26. The molecule has 2 rings (SSSR count). The van der Waals surface area contributed by atoms with E-state index in [9.17, 15) is 9.90 Å². The molecule has 16 heavy (non-hydrogen) atoms. The Morgan fingerprint density at radius 3 is 3.00 bits per heavy atom. The topological polar surface area (TPSA) is 67.2 Å². The first kappa shape index (κ1) is 11.1. The molecule has 0 radical (unpaired) electrons. The summed E-state index contributed by atoms with van der Waals surface area (Å²) in [6.07, 6.45) is 6.68. The Morgan fingerprint density at radius 2 is 2.44 bits per heavy atom. The highest BCUT2D eigenvalue weighted by Gasteiger charge is 2.25. The van der Waals surface area contributed by atoms with Gasteiger partial charge < -0.3 is 9.84 Å². The van der Waals surface area contributed by atoms with Crippen molar-refractivity contribution in [2.45, 2.75) is 25.4 Å². The van der Waals surface area contributed by atoms with Crippen LogP contribution in [0.5, 0.6) is 0 Å². The van der Waals surface area contributed by atoms with Crippen molar-refractivity contribution in [3.63, 3.8) is 0 Å². The zero-order chi connectivity index (χ0) is 11.7. The van der Waals surface area contributed by atoms with Crippen LogP contribution in [0.4, 0.5) is 0 Å². The standard InChI is InChI=1S/C10H10N2O3S/c1-2-6-5-12(10(16)11-9(6)14)7-3-4-8(13)15-7/h1,5,7-8,13H,3-4H2,(H,11,14,16)/t7?,8-/m0/s1. The number of terminal acetylenes is 1. The first-order chi connectivity index (χ1) is 7.61. The number of aliphatic hydroxyl groups excluding tert-OH is 1. The Balaban J connectivity index is 2.46. The second kappa shape index (κ2) is 4.22. The van der Waals surface area contributed by atoms with E-state index in [1.165, 1.54) is 6.20 Å². The van der Waals surface area contributed by atoms with Crippen molar-refractivity contribution in [2.24, 2.45) is 0 Å². The van der Waals surface area contributed by atoms with Crippen LogP contribution in [0.2, 0.25) is 0 Å². The van der Waals surface area contributed by atoms with Gasteiger partial charge in [0.15, 0.2) is 11.1 Å². The number of aliphatic hydroxyl groups is 1. The highest BCUT2D eigenvalue weighted by atomic mass is 32.1. The Kier molecular flexibility index (Phi) is 2.92. The van der Waals surface area contributed by atoms with Crippen LogP contribution in [0.3, 0.4) is 0 Å². The molecule has 2 heterocycles. The number of rotatable bonds is 1. The molecule has 84 valence electrons. The molecule has 0 bridgehead atoms. The van der Waals surface area contributed by atoms with Crippen LogP contribution >= 0.6 is 12.2 Å². The number of hydrogen-bond acceptors (Lipinski definition) is 4. The minimum Gasteiger partial charge on any atom is -0.368 e. The van der Waals surface area contributed by atoms with Gasteiger partial charge in [0.1, 0.15) is 11.8 Å². The summed E-state index contributed by atoms with van der Waals surface area (Å²) in [6.45, 7) is 0. The molecule has 1 saturated heterocycles. The monoisotopic (exact) mass is 238 g/mol. The van der Waals surface area contributed by atoms with Crippen molar-refractivity contribution in [3.8, 4) is 12.3 Å². The fourth-order valence-electron chi connectivity index (χ4n) is 1.61. The predicted octanol–water partition coefficient (Wildman–Crippen LogP) is 0.515. The Labute approximate surface area is 96.7 Å². The van der Waals surface area contributed by atoms with Gasteiger partial charge in [-0.15, -0.1) is 6.42 Å². The fourth-order valence-corrected chi connectivity index (χ4v) is 1.87. The predicted molar refractivity (Wildman–Crippen MR) is 59.2 cm³/mol.